The number of amides is 1. The molecule has 0 saturated carbocycles. The van der Waals surface area contributed by atoms with Crippen molar-refractivity contribution in [1.82, 2.24) is 9.97 Å². The first-order valence-electron chi connectivity index (χ1n) is 5.91. The molecule has 0 saturated heterocycles. The van der Waals surface area contributed by atoms with Crippen LogP contribution >= 0.6 is 11.3 Å². The average Bonchev–Trinajstić information content (AvgIpc) is 2.82. The molecule has 0 aromatic carbocycles. The van der Waals surface area contributed by atoms with Crippen LogP contribution in [0.4, 0.5) is 9.80 Å². The van der Waals surface area contributed by atoms with Crippen molar-refractivity contribution in [2.75, 3.05) is 11.4 Å². The standard InChI is InChI=1S/C14H13N3O2S/c1-3-4-8-17(14(18)19)13-10(2)16-12(20-13)11-6-5-7-15-9-11/h5-7,9H,8H2,1-2H3,(H,18,19). The van der Waals surface area contributed by atoms with Crippen molar-refractivity contribution in [3.63, 3.8) is 0 Å². The molecule has 0 radical (unpaired) electrons. The van der Waals surface area contributed by atoms with Gasteiger partial charge in [0.1, 0.15) is 10.0 Å². The zero-order valence-electron chi connectivity index (χ0n) is 11.1. The second-order valence-electron chi connectivity index (χ2n) is 3.95. The van der Waals surface area contributed by atoms with Gasteiger partial charge in [0, 0.05) is 18.0 Å². The van der Waals surface area contributed by atoms with Crippen molar-refractivity contribution in [3.05, 3.63) is 30.2 Å². The van der Waals surface area contributed by atoms with E-state index in [2.05, 4.69) is 21.8 Å². The Kier molecular flexibility index (Phi) is 4.33. The quantitative estimate of drug-likeness (QED) is 0.881. The number of nitrogens with zero attached hydrogens (tertiary/aromatic N) is 3. The highest BCUT2D eigenvalue weighted by molar-refractivity contribution is 7.19. The van der Waals surface area contributed by atoms with E-state index in [1.807, 2.05) is 12.1 Å². The van der Waals surface area contributed by atoms with Crippen LogP contribution < -0.4 is 4.90 Å². The van der Waals surface area contributed by atoms with Gasteiger partial charge in [0.15, 0.2) is 0 Å². The topological polar surface area (TPSA) is 66.3 Å². The lowest BCUT2D eigenvalue weighted by atomic mass is 10.3. The molecule has 1 amide bonds. The number of aromatic nitrogens is 2. The fourth-order valence-corrected chi connectivity index (χ4v) is 2.69. The number of pyridine rings is 1. The first kappa shape index (κ1) is 14.0. The van der Waals surface area contributed by atoms with Gasteiger partial charge in [-0.25, -0.2) is 9.78 Å². The Morgan fingerprint density at radius 3 is 2.95 bits per heavy atom. The van der Waals surface area contributed by atoms with Gasteiger partial charge in [-0.3, -0.25) is 9.88 Å². The van der Waals surface area contributed by atoms with E-state index in [9.17, 15) is 9.90 Å². The van der Waals surface area contributed by atoms with E-state index in [0.29, 0.717) is 10.7 Å². The maximum absolute atomic E-state index is 11.3. The van der Waals surface area contributed by atoms with Gasteiger partial charge in [-0.05, 0) is 26.0 Å². The van der Waals surface area contributed by atoms with E-state index in [1.54, 1.807) is 26.2 Å². The predicted octanol–water partition coefficient (Wildman–Crippen LogP) is 3.02. The smallest absolute Gasteiger partial charge is 0.413 e. The van der Waals surface area contributed by atoms with Crippen LogP contribution in [0.25, 0.3) is 10.6 Å². The summed E-state index contributed by atoms with van der Waals surface area (Å²) in [5.41, 5.74) is 1.55. The molecule has 2 aromatic rings. The Labute approximate surface area is 120 Å². The highest BCUT2D eigenvalue weighted by Gasteiger charge is 2.20. The minimum Gasteiger partial charge on any atom is -0.465 e. The molecule has 0 fully saturated rings. The lowest BCUT2D eigenvalue weighted by Gasteiger charge is -2.14. The van der Waals surface area contributed by atoms with Crippen molar-refractivity contribution in [2.45, 2.75) is 13.8 Å². The third-order valence-corrected chi connectivity index (χ3v) is 3.80. The molecule has 102 valence electrons. The highest BCUT2D eigenvalue weighted by Crippen LogP contribution is 2.33. The largest absolute Gasteiger partial charge is 0.465 e. The van der Waals surface area contributed by atoms with E-state index >= 15 is 0 Å². The molecule has 20 heavy (non-hydrogen) atoms. The molecule has 1 N–H and O–H groups in total. The fourth-order valence-electron chi connectivity index (χ4n) is 1.64. The lowest BCUT2D eigenvalue weighted by Crippen LogP contribution is -2.29. The summed E-state index contributed by atoms with van der Waals surface area (Å²) in [5, 5.41) is 10.6. The van der Waals surface area contributed by atoms with E-state index in [-0.39, 0.29) is 6.54 Å². The molecule has 2 heterocycles. The van der Waals surface area contributed by atoms with Crippen LogP contribution in [-0.2, 0) is 0 Å². The molecule has 2 aromatic heterocycles. The monoisotopic (exact) mass is 287 g/mol. The van der Waals surface area contributed by atoms with Crippen LogP contribution in [0.2, 0.25) is 0 Å². The highest BCUT2D eigenvalue weighted by atomic mass is 32.1. The fraction of sp³-hybridized carbons (Fsp3) is 0.214. The molecule has 0 aliphatic rings. The van der Waals surface area contributed by atoms with Crippen molar-refractivity contribution in [2.24, 2.45) is 0 Å². The van der Waals surface area contributed by atoms with Gasteiger partial charge in [-0.1, -0.05) is 17.3 Å². The molecular weight excluding hydrogens is 274 g/mol. The predicted molar refractivity (Wildman–Crippen MR) is 78.9 cm³/mol. The number of carbonyl (C=O) groups is 1. The zero-order valence-corrected chi connectivity index (χ0v) is 11.9. The Hall–Kier alpha value is -2.39. The van der Waals surface area contributed by atoms with Gasteiger partial charge in [0.25, 0.3) is 0 Å². The molecule has 5 nitrogen and oxygen atoms in total. The second-order valence-corrected chi connectivity index (χ2v) is 4.92. The van der Waals surface area contributed by atoms with Crippen LogP contribution in [0, 0.1) is 18.8 Å². The third kappa shape index (κ3) is 2.95. The number of hydrogen-bond donors (Lipinski definition) is 1. The number of hydrogen-bond acceptors (Lipinski definition) is 4. The average molecular weight is 287 g/mol. The Morgan fingerprint density at radius 2 is 2.35 bits per heavy atom. The maximum atomic E-state index is 11.3. The summed E-state index contributed by atoms with van der Waals surface area (Å²) in [7, 11) is 0. The van der Waals surface area contributed by atoms with Crippen LogP contribution in [-0.4, -0.2) is 27.7 Å². The zero-order chi connectivity index (χ0) is 14.5. The number of rotatable bonds is 3. The second kappa shape index (κ2) is 6.17. The summed E-state index contributed by atoms with van der Waals surface area (Å²) in [6.45, 7) is 3.61. The Bertz CT molecular complexity index is 671. The summed E-state index contributed by atoms with van der Waals surface area (Å²) in [5.74, 6) is 5.47. The summed E-state index contributed by atoms with van der Waals surface area (Å²) in [6.07, 6.45) is 2.36. The first-order valence-corrected chi connectivity index (χ1v) is 6.73. The molecule has 0 bridgehead atoms. The minimum atomic E-state index is -1.03. The third-order valence-electron chi connectivity index (χ3n) is 2.57. The summed E-state index contributed by atoms with van der Waals surface area (Å²) in [6, 6.07) is 3.72. The van der Waals surface area contributed by atoms with E-state index < -0.39 is 6.09 Å². The SMILES string of the molecule is CC#CCN(C(=O)O)c1sc(-c2cccnc2)nc1C. The lowest BCUT2D eigenvalue weighted by molar-refractivity contribution is 0.203. The maximum Gasteiger partial charge on any atom is 0.413 e. The van der Waals surface area contributed by atoms with Gasteiger partial charge in [0.05, 0.1) is 12.2 Å². The number of thiazole rings is 1. The summed E-state index contributed by atoms with van der Waals surface area (Å²) < 4.78 is 0. The summed E-state index contributed by atoms with van der Waals surface area (Å²) >= 11 is 1.33. The summed E-state index contributed by atoms with van der Waals surface area (Å²) in [4.78, 5) is 21.0. The van der Waals surface area contributed by atoms with Gasteiger partial charge in [0.2, 0.25) is 0 Å². The van der Waals surface area contributed by atoms with Crippen molar-refractivity contribution in [3.8, 4) is 22.4 Å². The van der Waals surface area contributed by atoms with Crippen LogP contribution in [0.5, 0.6) is 0 Å². The molecule has 0 unspecified atom stereocenters. The van der Waals surface area contributed by atoms with Crippen LogP contribution in [0.15, 0.2) is 24.5 Å². The Morgan fingerprint density at radius 1 is 1.55 bits per heavy atom. The van der Waals surface area contributed by atoms with Gasteiger partial charge < -0.3 is 5.11 Å². The first-order chi connectivity index (χ1) is 9.63. The molecule has 2 rings (SSSR count). The number of anilines is 1. The van der Waals surface area contributed by atoms with Crippen LogP contribution in [0.1, 0.15) is 12.6 Å². The van der Waals surface area contributed by atoms with E-state index in [1.165, 1.54) is 16.2 Å². The number of carboxylic acid groups (broad SMARTS) is 1. The molecule has 0 aliphatic heterocycles. The molecule has 0 aliphatic carbocycles. The van der Waals surface area contributed by atoms with Gasteiger partial charge in [-0.2, -0.15) is 0 Å². The van der Waals surface area contributed by atoms with Crippen molar-refractivity contribution < 1.29 is 9.90 Å². The van der Waals surface area contributed by atoms with Gasteiger partial charge in [-0.15, -0.1) is 5.92 Å². The van der Waals surface area contributed by atoms with E-state index in [0.717, 1.165) is 10.6 Å². The van der Waals surface area contributed by atoms with E-state index in [4.69, 9.17) is 0 Å². The molecular formula is C14H13N3O2S. The van der Waals surface area contributed by atoms with Crippen LogP contribution in [0.3, 0.4) is 0 Å². The molecule has 0 spiro atoms. The molecule has 0 atom stereocenters. The number of aryl methyl sites for hydroxylation is 1. The van der Waals surface area contributed by atoms with Crippen molar-refractivity contribution >= 4 is 22.4 Å². The normalized spacial score (nSPS) is 9.70. The minimum absolute atomic E-state index is 0.140. The molecule has 6 heteroatoms. The van der Waals surface area contributed by atoms with Crippen molar-refractivity contribution in [1.29, 1.82) is 0 Å². The Balaban J connectivity index is 2.39. The van der Waals surface area contributed by atoms with Gasteiger partial charge >= 0.3 is 6.09 Å².